The summed E-state index contributed by atoms with van der Waals surface area (Å²) >= 11 is 0. The lowest BCUT2D eigenvalue weighted by molar-refractivity contribution is -0.117. The van der Waals surface area contributed by atoms with E-state index < -0.39 is 0 Å². The van der Waals surface area contributed by atoms with Gasteiger partial charge in [0.15, 0.2) is 0 Å². The number of phenols is 1. The van der Waals surface area contributed by atoms with Gasteiger partial charge in [-0.2, -0.15) is 0 Å². The number of rotatable bonds is 4. The van der Waals surface area contributed by atoms with E-state index in [9.17, 15) is 9.90 Å². The van der Waals surface area contributed by atoms with E-state index in [1.165, 1.54) is 74.5 Å². The Morgan fingerprint density at radius 1 is 1.06 bits per heavy atom. The standard InChI is InChI=1S/C30H42O2/c1-17-4-6-26-25(23(17)7-5-18(2)31)9-8-24-19(3)29(32)28(13-27(24)26)30-14-20-10-21(15-30)12-22(11-20)16-30/h13,17,20-23,25-26,32H,4-12,14-16H2,1-3H3/t17-,20?,21?,22?,23-,25+,26+,30?/m1/s1. The molecule has 0 heterocycles. The summed E-state index contributed by atoms with van der Waals surface area (Å²) in [6.45, 7) is 6.39. The molecule has 174 valence electrons. The number of fused-ring (bicyclic) bond motifs is 3. The first kappa shape index (κ1) is 21.2. The number of aromatic hydroxyl groups is 1. The molecule has 1 aromatic carbocycles. The third-order valence-electron chi connectivity index (χ3n) is 11.0. The summed E-state index contributed by atoms with van der Waals surface area (Å²) in [5, 5.41) is 11.5. The van der Waals surface area contributed by atoms with E-state index in [0.29, 0.717) is 23.4 Å². The first-order chi connectivity index (χ1) is 15.3. The smallest absolute Gasteiger partial charge is 0.129 e. The molecule has 5 saturated carbocycles. The Morgan fingerprint density at radius 2 is 1.72 bits per heavy atom. The lowest BCUT2D eigenvalue weighted by atomic mass is 9.47. The van der Waals surface area contributed by atoms with Crippen LogP contribution in [0.1, 0.15) is 113 Å². The summed E-state index contributed by atoms with van der Waals surface area (Å²) in [5.74, 6) is 6.48. The van der Waals surface area contributed by atoms with Crippen molar-refractivity contribution in [1.82, 2.24) is 0 Å². The molecule has 7 rings (SSSR count). The first-order valence-electron chi connectivity index (χ1n) is 13.7. The number of phenolic OH excluding ortho intramolecular Hbond substituents is 1. The highest BCUT2D eigenvalue weighted by atomic mass is 16.3. The minimum absolute atomic E-state index is 0.252. The Balaban J connectivity index is 1.39. The van der Waals surface area contributed by atoms with Crippen molar-refractivity contribution in [3.63, 3.8) is 0 Å². The van der Waals surface area contributed by atoms with Crippen LogP contribution in [0.4, 0.5) is 0 Å². The van der Waals surface area contributed by atoms with Crippen molar-refractivity contribution in [2.75, 3.05) is 0 Å². The second kappa shape index (κ2) is 7.60. The monoisotopic (exact) mass is 434 g/mol. The van der Waals surface area contributed by atoms with Crippen molar-refractivity contribution in [1.29, 1.82) is 0 Å². The fraction of sp³-hybridized carbons (Fsp3) is 0.767. The summed E-state index contributed by atoms with van der Waals surface area (Å²) in [5.41, 5.74) is 5.86. The summed E-state index contributed by atoms with van der Waals surface area (Å²) in [6, 6.07) is 2.54. The maximum Gasteiger partial charge on any atom is 0.129 e. The van der Waals surface area contributed by atoms with Gasteiger partial charge >= 0.3 is 0 Å². The molecule has 1 N–H and O–H groups in total. The summed E-state index contributed by atoms with van der Waals surface area (Å²) < 4.78 is 0. The van der Waals surface area contributed by atoms with Crippen LogP contribution in [0.5, 0.6) is 5.75 Å². The van der Waals surface area contributed by atoms with Gasteiger partial charge in [0.2, 0.25) is 0 Å². The van der Waals surface area contributed by atoms with E-state index in [4.69, 9.17) is 0 Å². The van der Waals surface area contributed by atoms with E-state index in [1.54, 1.807) is 12.5 Å². The molecule has 0 aromatic heterocycles. The highest BCUT2D eigenvalue weighted by Crippen LogP contribution is 2.63. The number of carbonyl (C=O) groups excluding carboxylic acids is 1. The SMILES string of the molecule is CC(=O)CC[C@H]1[C@@H]2CCc3c(cc(C45CC6CC(CC(C6)C4)C5)c(O)c3C)[C@H]2CC[C@H]1C. The number of ketones is 1. The highest BCUT2D eigenvalue weighted by Gasteiger charge is 2.53. The zero-order valence-electron chi connectivity index (χ0n) is 20.5. The maximum absolute atomic E-state index is 11.8. The Hall–Kier alpha value is -1.31. The first-order valence-corrected chi connectivity index (χ1v) is 13.7. The summed E-state index contributed by atoms with van der Waals surface area (Å²) in [7, 11) is 0. The molecule has 1 aromatic rings. The molecule has 0 radical (unpaired) electrons. The van der Waals surface area contributed by atoms with Crippen molar-refractivity contribution in [2.45, 2.75) is 109 Å². The van der Waals surface area contributed by atoms with Crippen molar-refractivity contribution in [3.05, 3.63) is 28.3 Å². The van der Waals surface area contributed by atoms with Gasteiger partial charge in [-0.3, -0.25) is 0 Å². The topological polar surface area (TPSA) is 37.3 Å². The molecule has 6 aliphatic carbocycles. The molecule has 0 saturated heterocycles. The fourth-order valence-corrected chi connectivity index (χ4v) is 9.95. The average Bonchev–Trinajstić information content (AvgIpc) is 2.73. The molecule has 2 heteroatoms. The van der Waals surface area contributed by atoms with Gasteiger partial charge in [0, 0.05) is 12.0 Å². The average molecular weight is 435 g/mol. The van der Waals surface area contributed by atoms with Crippen LogP contribution in [0.3, 0.4) is 0 Å². The maximum atomic E-state index is 11.8. The Morgan fingerprint density at radius 3 is 2.34 bits per heavy atom. The molecule has 5 fully saturated rings. The molecule has 4 bridgehead atoms. The molecule has 32 heavy (non-hydrogen) atoms. The Labute approximate surface area is 194 Å². The molecule has 0 amide bonds. The molecule has 0 unspecified atom stereocenters. The Kier molecular flexibility index (Phi) is 5.05. The van der Waals surface area contributed by atoms with Crippen LogP contribution in [0.25, 0.3) is 0 Å². The normalized spacial score (nSPS) is 41.9. The minimum atomic E-state index is 0.252. The molecule has 4 atom stereocenters. The zero-order chi connectivity index (χ0) is 22.2. The van der Waals surface area contributed by atoms with E-state index in [1.807, 2.05) is 0 Å². The van der Waals surface area contributed by atoms with Gasteiger partial charge in [0.25, 0.3) is 0 Å². The van der Waals surface area contributed by atoms with Crippen LogP contribution < -0.4 is 0 Å². The van der Waals surface area contributed by atoms with Crippen molar-refractivity contribution in [3.8, 4) is 5.75 Å². The largest absolute Gasteiger partial charge is 0.507 e. The zero-order valence-corrected chi connectivity index (χ0v) is 20.5. The fourth-order valence-electron chi connectivity index (χ4n) is 9.95. The van der Waals surface area contributed by atoms with Crippen LogP contribution in [-0.2, 0) is 16.6 Å². The van der Waals surface area contributed by atoms with Gasteiger partial charge in [-0.25, -0.2) is 0 Å². The van der Waals surface area contributed by atoms with Crippen LogP contribution in [0, 0.1) is 42.4 Å². The third kappa shape index (κ3) is 3.22. The van der Waals surface area contributed by atoms with Gasteiger partial charge in [-0.05, 0) is 148 Å². The quantitative estimate of drug-likeness (QED) is 0.543. The number of benzene rings is 1. The number of Topliss-reactive ketones (excluding diaryl/α,β-unsaturated/α-hetero) is 1. The molecule has 0 spiro atoms. The van der Waals surface area contributed by atoms with Crippen LogP contribution >= 0.6 is 0 Å². The van der Waals surface area contributed by atoms with E-state index in [2.05, 4.69) is 19.9 Å². The lowest BCUT2D eigenvalue weighted by Gasteiger charge is -2.57. The Bertz CT molecular complexity index is 892. The minimum Gasteiger partial charge on any atom is -0.507 e. The lowest BCUT2D eigenvalue weighted by Crippen LogP contribution is -2.48. The van der Waals surface area contributed by atoms with Gasteiger partial charge in [0.05, 0.1) is 0 Å². The van der Waals surface area contributed by atoms with E-state index in [0.717, 1.165) is 48.9 Å². The predicted molar refractivity (Wildman–Crippen MR) is 129 cm³/mol. The summed E-state index contributed by atoms with van der Waals surface area (Å²) in [4.78, 5) is 11.8. The van der Waals surface area contributed by atoms with Gasteiger partial charge in [-0.1, -0.05) is 13.0 Å². The highest BCUT2D eigenvalue weighted by molar-refractivity contribution is 5.75. The van der Waals surface area contributed by atoms with E-state index >= 15 is 0 Å². The van der Waals surface area contributed by atoms with E-state index in [-0.39, 0.29) is 5.41 Å². The number of hydrogen-bond acceptors (Lipinski definition) is 2. The number of carbonyl (C=O) groups is 1. The van der Waals surface area contributed by atoms with Crippen LogP contribution in [-0.4, -0.2) is 10.9 Å². The van der Waals surface area contributed by atoms with Crippen molar-refractivity contribution < 1.29 is 9.90 Å². The molecule has 0 aliphatic heterocycles. The predicted octanol–water partition coefficient (Wildman–Crippen LogP) is 7.23. The van der Waals surface area contributed by atoms with Crippen LogP contribution in [0.2, 0.25) is 0 Å². The van der Waals surface area contributed by atoms with Crippen LogP contribution in [0.15, 0.2) is 6.07 Å². The second-order valence-corrected chi connectivity index (χ2v) is 12.9. The molecular formula is C30H42O2. The molecule has 6 aliphatic rings. The molecular weight excluding hydrogens is 392 g/mol. The van der Waals surface area contributed by atoms with Crippen molar-refractivity contribution in [2.24, 2.45) is 35.5 Å². The van der Waals surface area contributed by atoms with Gasteiger partial charge < -0.3 is 9.90 Å². The molecule has 2 nitrogen and oxygen atoms in total. The van der Waals surface area contributed by atoms with Gasteiger partial charge in [0.1, 0.15) is 11.5 Å². The number of hydrogen-bond donors (Lipinski definition) is 1. The second-order valence-electron chi connectivity index (χ2n) is 12.9. The van der Waals surface area contributed by atoms with Crippen molar-refractivity contribution >= 4 is 5.78 Å². The summed E-state index contributed by atoms with van der Waals surface area (Å²) in [6.07, 6.45) is 15.0. The third-order valence-corrected chi connectivity index (χ3v) is 11.0. The van der Waals surface area contributed by atoms with Gasteiger partial charge in [-0.15, -0.1) is 0 Å².